The topological polar surface area (TPSA) is 51.7 Å². The predicted octanol–water partition coefficient (Wildman–Crippen LogP) is 5.17. The molecule has 2 heterocycles. The zero-order valence-electron chi connectivity index (χ0n) is 15.6. The first-order chi connectivity index (χ1) is 12.5. The van der Waals surface area contributed by atoms with Crippen LogP contribution < -0.4 is 4.74 Å². The summed E-state index contributed by atoms with van der Waals surface area (Å²) in [4.78, 5) is 17.5. The number of amides is 1. The molecule has 1 aromatic heterocycles. The summed E-state index contributed by atoms with van der Waals surface area (Å²) in [6.07, 6.45) is -1.69. The van der Waals surface area contributed by atoms with E-state index in [0.717, 1.165) is 18.9 Å². The van der Waals surface area contributed by atoms with E-state index in [1.165, 1.54) is 0 Å². The number of likely N-dealkylation sites (tertiary alicyclic amines) is 1. The smallest absolute Gasteiger partial charge is 0.417 e. The molecule has 2 rings (SSSR count). The van der Waals surface area contributed by atoms with Gasteiger partial charge in [0.25, 0.3) is 0 Å². The highest BCUT2D eigenvalue weighted by molar-refractivity contribution is 6.31. The number of rotatable bonds is 4. The zero-order valence-corrected chi connectivity index (χ0v) is 16.4. The van der Waals surface area contributed by atoms with Crippen molar-refractivity contribution in [2.75, 3.05) is 19.7 Å². The summed E-state index contributed by atoms with van der Waals surface area (Å²) in [5, 5.41) is -0.177. The van der Waals surface area contributed by atoms with Gasteiger partial charge in [-0.2, -0.15) is 13.2 Å². The van der Waals surface area contributed by atoms with Gasteiger partial charge in [-0.1, -0.05) is 11.6 Å². The third-order valence-corrected chi connectivity index (χ3v) is 4.34. The molecular weight excluding hydrogens is 385 g/mol. The summed E-state index contributed by atoms with van der Waals surface area (Å²) in [6, 6.07) is 0.800. The van der Waals surface area contributed by atoms with Crippen molar-refractivity contribution in [1.82, 2.24) is 9.88 Å². The van der Waals surface area contributed by atoms with E-state index < -0.39 is 17.3 Å². The Morgan fingerprint density at radius 1 is 1.37 bits per heavy atom. The summed E-state index contributed by atoms with van der Waals surface area (Å²) in [5.74, 6) is 0.198. The summed E-state index contributed by atoms with van der Waals surface area (Å²) < 4.78 is 48.7. The maximum absolute atomic E-state index is 12.6. The van der Waals surface area contributed by atoms with Gasteiger partial charge in [-0.3, -0.25) is 0 Å². The van der Waals surface area contributed by atoms with Gasteiger partial charge >= 0.3 is 12.3 Å². The largest absolute Gasteiger partial charge is 0.477 e. The first-order valence-electron chi connectivity index (χ1n) is 8.79. The minimum absolute atomic E-state index is 0.0236. The van der Waals surface area contributed by atoms with Gasteiger partial charge in [-0.15, -0.1) is 0 Å². The monoisotopic (exact) mass is 408 g/mol. The van der Waals surface area contributed by atoms with Crippen molar-refractivity contribution < 1.29 is 27.4 Å². The molecule has 0 N–H and O–H groups in total. The Kier molecular flexibility index (Phi) is 6.83. The molecule has 1 fully saturated rings. The number of halogens is 4. The van der Waals surface area contributed by atoms with Crippen molar-refractivity contribution >= 4 is 17.7 Å². The van der Waals surface area contributed by atoms with Gasteiger partial charge in [0.1, 0.15) is 10.6 Å². The molecule has 5 nitrogen and oxygen atoms in total. The second kappa shape index (κ2) is 8.54. The number of hydrogen-bond acceptors (Lipinski definition) is 4. The third kappa shape index (κ3) is 6.75. The van der Waals surface area contributed by atoms with E-state index in [0.29, 0.717) is 25.7 Å². The molecule has 1 aliphatic rings. The Labute approximate surface area is 161 Å². The Balaban J connectivity index is 1.84. The molecule has 9 heteroatoms. The summed E-state index contributed by atoms with van der Waals surface area (Å²) in [5.41, 5.74) is -1.46. The van der Waals surface area contributed by atoms with Crippen LogP contribution in [-0.4, -0.2) is 41.3 Å². The minimum atomic E-state index is -4.50. The Hall–Kier alpha value is -1.70. The number of hydrogen-bond donors (Lipinski definition) is 0. The maximum atomic E-state index is 12.6. The number of piperidine rings is 1. The first kappa shape index (κ1) is 21.6. The van der Waals surface area contributed by atoms with Gasteiger partial charge in [0.05, 0.1) is 12.2 Å². The summed E-state index contributed by atoms with van der Waals surface area (Å²) in [7, 11) is 0. The maximum Gasteiger partial charge on any atom is 0.417 e. The van der Waals surface area contributed by atoms with E-state index in [1.807, 2.05) is 20.8 Å². The molecule has 0 spiro atoms. The molecule has 1 unspecified atom stereocenters. The molecule has 27 heavy (non-hydrogen) atoms. The van der Waals surface area contributed by atoms with Crippen LogP contribution in [0.4, 0.5) is 18.0 Å². The van der Waals surface area contributed by atoms with Crippen LogP contribution in [0.15, 0.2) is 12.3 Å². The van der Waals surface area contributed by atoms with E-state index in [-0.39, 0.29) is 29.5 Å². The molecule has 1 atom stereocenters. The fourth-order valence-electron chi connectivity index (χ4n) is 2.80. The van der Waals surface area contributed by atoms with Gasteiger partial charge in [0.15, 0.2) is 0 Å². The van der Waals surface area contributed by atoms with Crippen LogP contribution in [0.5, 0.6) is 5.88 Å². The zero-order chi connectivity index (χ0) is 20.2. The standard InChI is InChI=1S/C18H24ClF3N2O3/c1-17(2,3)27-16(25)24-7-4-5-12(11-24)6-8-26-15-14(19)9-13(10-23-15)18(20,21)22/h9-10,12H,4-8,11H2,1-3H3. The van der Waals surface area contributed by atoms with E-state index in [4.69, 9.17) is 21.1 Å². The molecule has 1 aromatic rings. The molecule has 0 bridgehead atoms. The van der Waals surface area contributed by atoms with Crippen molar-refractivity contribution in [3.05, 3.63) is 22.8 Å². The van der Waals surface area contributed by atoms with Crippen LogP contribution in [0.1, 0.15) is 45.6 Å². The van der Waals surface area contributed by atoms with Crippen LogP contribution in [0, 0.1) is 5.92 Å². The lowest BCUT2D eigenvalue weighted by Gasteiger charge is -2.34. The summed E-state index contributed by atoms with van der Waals surface area (Å²) in [6.45, 7) is 6.93. The second-order valence-corrected chi connectivity index (χ2v) is 7.99. The number of ether oxygens (including phenoxy) is 2. The lowest BCUT2D eigenvalue weighted by molar-refractivity contribution is -0.137. The van der Waals surface area contributed by atoms with Crippen molar-refractivity contribution in [2.24, 2.45) is 5.92 Å². The van der Waals surface area contributed by atoms with Crippen molar-refractivity contribution in [3.8, 4) is 5.88 Å². The van der Waals surface area contributed by atoms with E-state index in [2.05, 4.69) is 4.98 Å². The van der Waals surface area contributed by atoms with Gasteiger partial charge in [-0.05, 0) is 52.0 Å². The number of carbonyl (C=O) groups excluding carboxylic acids is 1. The van der Waals surface area contributed by atoms with Gasteiger partial charge in [-0.25, -0.2) is 9.78 Å². The van der Waals surface area contributed by atoms with E-state index in [1.54, 1.807) is 4.90 Å². The molecule has 1 amide bonds. The number of carbonyl (C=O) groups is 1. The summed E-state index contributed by atoms with van der Waals surface area (Å²) >= 11 is 5.83. The Morgan fingerprint density at radius 3 is 2.67 bits per heavy atom. The molecule has 0 aliphatic carbocycles. The highest BCUT2D eigenvalue weighted by Crippen LogP contribution is 2.33. The number of nitrogens with zero attached hydrogens (tertiary/aromatic N) is 2. The van der Waals surface area contributed by atoms with Crippen LogP contribution in [0.3, 0.4) is 0 Å². The Bertz CT molecular complexity index is 662. The Morgan fingerprint density at radius 2 is 2.07 bits per heavy atom. The highest BCUT2D eigenvalue weighted by Gasteiger charge is 2.32. The third-order valence-electron chi connectivity index (χ3n) is 4.07. The van der Waals surface area contributed by atoms with Crippen LogP contribution in [-0.2, 0) is 10.9 Å². The van der Waals surface area contributed by atoms with Gasteiger partial charge in [0.2, 0.25) is 5.88 Å². The molecule has 152 valence electrons. The molecule has 0 aromatic carbocycles. The second-order valence-electron chi connectivity index (χ2n) is 7.58. The lowest BCUT2D eigenvalue weighted by atomic mass is 9.95. The SMILES string of the molecule is CC(C)(C)OC(=O)N1CCCC(CCOc2ncc(C(F)(F)F)cc2Cl)C1. The van der Waals surface area contributed by atoms with Crippen LogP contribution in [0.25, 0.3) is 0 Å². The average Bonchev–Trinajstić information content (AvgIpc) is 2.54. The van der Waals surface area contributed by atoms with Crippen molar-refractivity contribution in [3.63, 3.8) is 0 Å². The molecule has 1 saturated heterocycles. The average molecular weight is 409 g/mol. The number of aromatic nitrogens is 1. The predicted molar refractivity (Wildman–Crippen MR) is 94.9 cm³/mol. The van der Waals surface area contributed by atoms with Crippen LogP contribution >= 0.6 is 11.6 Å². The molecular formula is C18H24ClF3N2O3. The number of alkyl halides is 3. The van der Waals surface area contributed by atoms with E-state index in [9.17, 15) is 18.0 Å². The fourth-order valence-corrected chi connectivity index (χ4v) is 3.02. The van der Waals surface area contributed by atoms with Crippen molar-refractivity contribution in [2.45, 2.75) is 51.8 Å². The molecule has 1 aliphatic heterocycles. The van der Waals surface area contributed by atoms with Gasteiger partial charge < -0.3 is 14.4 Å². The molecule has 0 saturated carbocycles. The quantitative estimate of drug-likeness (QED) is 0.689. The number of pyridine rings is 1. The minimum Gasteiger partial charge on any atom is -0.477 e. The van der Waals surface area contributed by atoms with E-state index >= 15 is 0 Å². The normalized spacial score (nSPS) is 18.3. The lowest BCUT2D eigenvalue weighted by Crippen LogP contribution is -2.43. The van der Waals surface area contributed by atoms with Crippen molar-refractivity contribution in [1.29, 1.82) is 0 Å². The van der Waals surface area contributed by atoms with Crippen LogP contribution in [0.2, 0.25) is 5.02 Å². The first-order valence-corrected chi connectivity index (χ1v) is 9.17. The van der Waals surface area contributed by atoms with Gasteiger partial charge in [0, 0.05) is 19.3 Å². The fraction of sp³-hybridized carbons (Fsp3) is 0.667. The highest BCUT2D eigenvalue weighted by atomic mass is 35.5. The molecule has 0 radical (unpaired) electrons.